The minimum atomic E-state index is -0.179. The zero-order valence-electron chi connectivity index (χ0n) is 30.6. The standard InChI is InChI=1S/C52H35N3/c1-52(2)45-30-38(37-17-10-18-40(29-37)51-54-49(35-11-5-3-6-12-35)53-50(55-51)36-13-7-4-8-14-36)23-26-42(45)43-27-24-39(31-46(43)52)41-25-21-34-20-19-32-15-9-16-33-22-28-44(41)48(34)47(32)33/h3-31H,1-2H3. The lowest BCUT2D eigenvalue weighted by molar-refractivity contribution is 0.661. The van der Waals surface area contributed by atoms with Crippen molar-refractivity contribution in [2.45, 2.75) is 19.3 Å². The number of nitrogens with zero attached hydrogens (tertiary/aromatic N) is 3. The van der Waals surface area contributed by atoms with Crippen molar-refractivity contribution in [2.75, 3.05) is 0 Å². The Morgan fingerprint density at radius 2 is 0.782 bits per heavy atom. The van der Waals surface area contributed by atoms with Gasteiger partial charge in [-0.3, -0.25) is 0 Å². The van der Waals surface area contributed by atoms with E-state index in [1.807, 2.05) is 60.7 Å². The van der Waals surface area contributed by atoms with Crippen molar-refractivity contribution in [3.05, 3.63) is 187 Å². The molecule has 10 aromatic rings. The highest BCUT2D eigenvalue weighted by molar-refractivity contribution is 6.25. The van der Waals surface area contributed by atoms with Gasteiger partial charge in [0.2, 0.25) is 0 Å². The van der Waals surface area contributed by atoms with Crippen LogP contribution in [0.25, 0.3) is 99.9 Å². The summed E-state index contributed by atoms with van der Waals surface area (Å²) in [5.41, 5.74) is 12.9. The van der Waals surface area contributed by atoms with Crippen molar-refractivity contribution in [3.8, 4) is 67.5 Å². The zero-order chi connectivity index (χ0) is 36.7. The first kappa shape index (κ1) is 31.5. The van der Waals surface area contributed by atoms with Gasteiger partial charge >= 0.3 is 0 Å². The summed E-state index contributed by atoms with van der Waals surface area (Å²) in [6.45, 7) is 4.74. The van der Waals surface area contributed by atoms with Crippen LogP contribution in [0.3, 0.4) is 0 Å². The van der Waals surface area contributed by atoms with Gasteiger partial charge in [0.15, 0.2) is 17.5 Å². The number of aromatic nitrogens is 3. The Kier molecular flexibility index (Phi) is 6.90. The first-order valence-electron chi connectivity index (χ1n) is 18.9. The summed E-state index contributed by atoms with van der Waals surface area (Å²) in [5.74, 6) is 1.98. The van der Waals surface area contributed by atoms with Gasteiger partial charge in [0, 0.05) is 22.1 Å². The summed E-state index contributed by atoms with van der Waals surface area (Å²) in [6, 6.07) is 63.2. The molecular weight excluding hydrogens is 667 g/mol. The van der Waals surface area contributed by atoms with Gasteiger partial charge in [-0.2, -0.15) is 0 Å². The van der Waals surface area contributed by atoms with Gasteiger partial charge in [0.05, 0.1) is 0 Å². The second-order valence-corrected chi connectivity index (χ2v) is 15.2. The highest BCUT2D eigenvalue weighted by atomic mass is 15.0. The fraction of sp³-hybridized carbons (Fsp3) is 0.0577. The maximum atomic E-state index is 5.00. The van der Waals surface area contributed by atoms with Crippen molar-refractivity contribution in [3.63, 3.8) is 0 Å². The molecular formula is C52H35N3. The molecule has 0 unspecified atom stereocenters. The second kappa shape index (κ2) is 12.0. The van der Waals surface area contributed by atoms with E-state index in [4.69, 9.17) is 15.0 Å². The molecule has 11 rings (SSSR count). The maximum absolute atomic E-state index is 5.00. The normalized spacial score (nSPS) is 13.1. The molecule has 55 heavy (non-hydrogen) atoms. The molecule has 3 nitrogen and oxygen atoms in total. The predicted molar refractivity (Wildman–Crippen MR) is 228 cm³/mol. The average Bonchev–Trinajstić information content (AvgIpc) is 3.48. The number of fused-ring (bicyclic) bond motifs is 3. The summed E-state index contributed by atoms with van der Waals surface area (Å²) in [7, 11) is 0. The lowest BCUT2D eigenvalue weighted by Gasteiger charge is -2.23. The first-order chi connectivity index (χ1) is 27.0. The topological polar surface area (TPSA) is 38.7 Å². The molecule has 0 fully saturated rings. The van der Waals surface area contributed by atoms with Gasteiger partial charge in [-0.05, 0) is 95.0 Å². The number of benzene rings is 9. The second-order valence-electron chi connectivity index (χ2n) is 15.2. The van der Waals surface area contributed by atoms with Crippen LogP contribution in [0.1, 0.15) is 25.0 Å². The number of rotatable bonds is 5. The minimum absolute atomic E-state index is 0.179. The van der Waals surface area contributed by atoms with Crippen LogP contribution in [0.15, 0.2) is 176 Å². The Bertz CT molecular complexity index is 3040. The first-order valence-corrected chi connectivity index (χ1v) is 18.9. The summed E-state index contributed by atoms with van der Waals surface area (Å²) < 4.78 is 0. The third-order valence-corrected chi connectivity index (χ3v) is 11.7. The van der Waals surface area contributed by atoms with Gasteiger partial charge in [-0.25, -0.2) is 15.0 Å². The Labute approximate surface area is 320 Å². The molecule has 0 aliphatic heterocycles. The average molecular weight is 702 g/mol. The van der Waals surface area contributed by atoms with E-state index in [0.29, 0.717) is 17.5 Å². The fourth-order valence-electron chi connectivity index (χ4n) is 8.85. The molecule has 0 radical (unpaired) electrons. The van der Waals surface area contributed by atoms with Crippen molar-refractivity contribution in [2.24, 2.45) is 0 Å². The molecule has 1 aromatic heterocycles. The van der Waals surface area contributed by atoms with Crippen LogP contribution in [0.4, 0.5) is 0 Å². The SMILES string of the molecule is CC1(C)c2cc(-c3cccc(-c4nc(-c5ccccc5)nc(-c5ccccc5)n4)c3)ccc2-c2ccc(-c3ccc4ccc5cccc6ccc3c4c56)cc21. The molecule has 0 saturated heterocycles. The molecule has 0 bridgehead atoms. The largest absolute Gasteiger partial charge is 0.208 e. The number of hydrogen-bond donors (Lipinski definition) is 0. The van der Waals surface area contributed by atoms with E-state index in [1.165, 1.54) is 71.3 Å². The fourth-order valence-corrected chi connectivity index (χ4v) is 8.85. The van der Waals surface area contributed by atoms with E-state index in [0.717, 1.165) is 22.3 Å². The van der Waals surface area contributed by atoms with Gasteiger partial charge < -0.3 is 0 Å². The summed E-state index contributed by atoms with van der Waals surface area (Å²) in [6.07, 6.45) is 0. The summed E-state index contributed by atoms with van der Waals surface area (Å²) >= 11 is 0. The van der Waals surface area contributed by atoms with Crippen LogP contribution < -0.4 is 0 Å². The quantitative estimate of drug-likeness (QED) is 0.168. The Morgan fingerprint density at radius 1 is 0.327 bits per heavy atom. The van der Waals surface area contributed by atoms with Gasteiger partial charge in [-0.15, -0.1) is 0 Å². The van der Waals surface area contributed by atoms with Crippen LogP contribution in [0, 0.1) is 0 Å². The van der Waals surface area contributed by atoms with Crippen LogP contribution in [-0.4, -0.2) is 15.0 Å². The monoisotopic (exact) mass is 701 g/mol. The lowest BCUT2D eigenvalue weighted by Crippen LogP contribution is -2.15. The van der Waals surface area contributed by atoms with Gasteiger partial charge in [-0.1, -0.05) is 172 Å². The molecule has 0 spiro atoms. The molecule has 1 aliphatic carbocycles. The van der Waals surface area contributed by atoms with Crippen molar-refractivity contribution in [1.82, 2.24) is 15.0 Å². The minimum Gasteiger partial charge on any atom is -0.208 e. The Morgan fingerprint density at radius 3 is 1.44 bits per heavy atom. The van der Waals surface area contributed by atoms with E-state index in [2.05, 4.69) is 129 Å². The Hall–Kier alpha value is -6.97. The van der Waals surface area contributed by atoms with E-state index in [-0.39, 0.29) is 5.41 Å². The third-order valence-electron chi connectivity index (χ3n) is 11.7. The predicted octanol–water partition coefficient (Wildman–Crippen LogP) is 13.4. The van der Waals surface area contributed by atoms with Crippen molar-refractivity contribution < 1.29 is 0 Å². The zero-order valence-corrected chi connectivity index (χ0v) is 30.6. The highest BCUT2D eigenvalue weighted by Gasteiger charge is 2.36. The van der Waals surface area contributed by atoms with E-state index in [9.17, 15) is 0 Å². The van der Waals surface area contributed by atoms with E-state index in [1.54, 1.807) is 0 Å². The van der Waals surface area contributed by atoms with Crippen molar-refractivity contribution >= 4 is 32.3 Å². The van der Waals surface area contributed by atoms with Crippen LogP contribution >= 0.6 is 0 Å². The summed E-state index contributed by atoms with van der Waals surface area (Å²) in [4.78, 5) is 14.9. The molecule has 0 saturated carbocycles. The van der Waals surface area contributed by atoms with Crippen LogP contribution in [-0.2, 0) is 5.41 Å². The number of hydrogen-bond acceptors (Lipinski definition) is 3. The maximum Gasteiger partial charge on any atom is 0.164 e. The third kappa shape index (κ3) is 5.01. The Balaban J connectivity index is 0.981. The molecule has 1 heterocycles. The van der Waals surface area contributed by atoms with Gasteiger partial charge in [0.1, 0.15) is 0 Å². The molecule has 1 aliphatic rings. The van der Waals surface area contributed by atoms with E-state index >= 15 is 0 Å². The molecule has 9 aromatic carbocycles. The lowest BCUT2D eigenvalue weighted by atomic mass is 9.80. The van der Waals surface area contributed by atoms with E-state index < -0.39 is 0 Å². The van der Waals surface area contributed by atoms with Crippen LogP contribution in [0.2, 0.25) is 0 Å². The molecule has 3 heteroatoms. The van der Waals surface area contributed by atoms with Gasteiger partial charge in [0.25, 0.3) is 0 Å². The highest BCUT2D eigenvalue weighted by Crippen LogP contribution is 2.51. The smallest absolute Gasteiger partial charge is 0.164 e. The van der Waals surface area contributed by atoms with Crippen molar-refractivity contribution in [1.29, 1.82) is 0 Å². The molecule has 0 N–H and O–H groups in total. The van der Waals surface area contributed by atoms with Crippen LogP contribution in [0.5, 0.6) is 0 Å². The molecule has 0 atom stereocenters. The molecule has 258 valence electrons. The summed E-state index contributed by atoms with van der Waals surface area (Å²) in [5, 5.41) is 7.89. The molecule has 0 amide bonds.